The van der Waals surface area contributed by atoms with Gasteiger partial charge in [0, 0.05) is 43.6 Å². The van der Waals surface area contributed by atoms with E-state index in [4.69, 9.17) is 16.3 Å². The van der Waals surface area contributed by atoms with Gasteiger partial charge in [-0.15, -0.1) is 11.3 Å². The second-order valence-corrected chi connectivity index (χ2v) is 11.7. The highest BCUT2D eigenvalue weighted by Gasteiger charge is 2.37. The van der Waals surface area contributed by atoms with Crippen LogP contribution in [0.4, 0.5) is 10.1 Å². The maximum Gasteiger partial charge on any atom is 0.253 e. The molecule has 186 valence electrons. The summed E-state index contributed by atoms with van der Waals surface area (Å²) in [5, 5.41) is 0. The van der Waals surface area contributed by atoms with Crippen LogP contribution in [0.2, 0.25) is 4.34 Å². The zero-order chi connectivity index (χ0) is 25.0. The molecule has 2 atom stereocenters. The monoisotopic (exact) mass is 531 g/mol. The number of methoxy groups -OCH3 is 1. The molecule has 3 rings (SSSR count). The van der Waals surface area contributed by atoms with Gasteiger partial charge in [-0.3, -0.25) is 9.59 Å². The number of likely N-dealkylation sites (N-methyl/N-ethyl adjacent to an activating group) is 1. The Morgan fingerprint density at radius 1 is 1.38 bits per heavy atom. The average Bonchev–Trinajstić information content (AvgIpc) is 3.37. The van der Waals surface area contributed by atoms with Crippen molar-refractivity contribution in [2.24, 2.45) is 0 Å². The number of amides is 2. The third kappa shape index (κ3) is 6.33. The Morgan fingerprint density at radius 3 is 2.74 bits per heavy atom. The zero-order valence-corrected chi connectivity index (χ0v) is 21.5. The van der Waals surface area contributed by atoms with Crippen LogP contribution in [0.25, 0.3) is 0 Å². The zero-order valence-electron chi connectivity index (χ0n) is 19.1. The van der Waals surface area contributed by atoms with Gasteiger partial charge in [-0.05, 0) is 36.8 Å². The number of hydrogen-bond acceptors (Lipinski definition) is 6. The smallest absolute Gasteiger partial charge is 0.253 e. The fourth-order valence-corrected chi connectivity index (χ4v) is 6.51. The van der Waals surface area contributed by atoms with Crippen LogP contribution < -0.4 is 9.62 Å². The molecule has 12 heteroatoms. The molecule has 1 saturated heterocycles. The van der Waals surface area contributed by atoms with E-state index in [9.17, 15) is 22.4 Å². The lowest BCUT2D eigenvalue weighted by molar-refractivity contribution is -0.118. The van der Waals surface area contributed by atoms with E-state index in [-0.39, 0.29) is 41.8 Å². The van der Waals surface area contributed by atoms with E-state index in [1.807, 2.05) is 0 Å². The largest absolute Gasteiger partial charge is 0.383 e. The molecule has 34 heavy (non-hydrogen) atoms. The number of thiophene rings is 1. The SMILES string of the molecule is COCCN(C)C(=O)c1ccc(N2CCC(NS(=O)(=O)CC(C)c3ccc(Cl)s3)C2=O)c(F)c1. The van der Waals surface area contributed by atoms with Gasteiger partial charge in [0.05, 0.1) is 22.4 Å². The molecule has 2 aromatic rings. The van der Waals surface area contributed by atoms with Crippen molar-refractivity contribution in [3.8, 4) is 0 Å². The molecule has 1 aliphatic heterocycles. The summed E-state index contributed by atoms with van der Waals surface area (Å²) < 4.78 is 48.1. The summed E-state index contributed by atoms with van der Waals surface area (Å²) in [6, 6.07) is 6.40. The van der Waals surface area contributed by atoms with Crippen LogP contribution >= 0.6 is 22.9 Å². The second kappa shape index (κ2) is 11.1. The molecule has 1 aliphatic rings. The Hall–Kier alpha value is -2.05. The summed E-state index contributed by atoms with van der Waals surface area (Å²) in [6.07, 6.45) is 0.206. The molecule has 1 fully saturated rings. The highest BCUT2D eigenvalue weighted by Crippen LogP contribution is 2.30. The molecular weight excluding hydrogens is 505 g/mol. The third-order valence-electron chi connectivity index (χ3n) is 5.54. The van der Waals surface area contributed by atoms with E-state index < -0.39 is 27.8 Å². The molecule has 2 amide bonds. The molecular formula is C22H27ClFN3O5S2. The number of nitrogens with zero attached hydrogens (tertiary/aromatic N) is 2. The number of hydrogen-bond donors (Lipinski definition) is 1. The molecule has 1 aromatic carbocycles. The standard InChI is InChI=1S/C22H27ClFN3O5S2/c1-14(19-6-7-20(23)33-19)13-34(30,31)25-17-8-9-27(22(17)29)18-5-4-15(12-16(18)24)21(28)26(2)10-11-32-3/h4-7,12,14,17,25H,8-11,13H2,1-3H3. The highest BCUT2D eigenvalue weighted by molar-refractivity contribution is 7.89. The fourth-order valence-electron chi connectivity index (χ4n) is 3.71. The van der Waals surface area contributed by atoms with Gasteiger partial charge >= 0.3 is 0 Å². The number of rotatable bonds is 10. The van der Waals surface area contributed by atoms with E-state index in [0.29, 0.717) is 17.5 Å². The number of carbonyl (C=O) groups excluding carboxylic acids is 2. The molecule has 0 aliphatic carbocycles. The van der Waals surface area contributed by atoms with Gasteiger partial charge in [-0.1, -0.05) is 18.5 Å². The molecule has 1 N–H and O–H groups in total. The number of halogens is 2. The van der Waals surface area contributed by atoms with E-state index >= 15 is 0 Å². The van der Waals surface area contributed by atoms with Crippen LogP contribution in [-0.4, -0.2) is 70.8 Å². The molecule has 0 bridgehead atoms. The Bertz CT molecular complexity index is 1160. The van der Waals surface area contributed by atoms with Gasteiger partial charge in [0.1, 0.15) is 11.9 Å². The number of ether oxygens (including phenoxy) is 1. The van der Waals surface area contributed by atoms with Crippen molar-refractivity contribution in [1.82, 2.24) is 9.62 Å². The fraction of sp³-hybridized carbons (Fsp3) is 0.455. The first-order valence-electron chi connectivity index (χ1n) is 10.6. The van der Waals surface area contributed by atoms with E-state index in [1.54, 1.807) is 26.1 Å². The van der Waals surface area contributed by atoms with Gasteiger partial charge in [0.15, 0.2) is 0 Å². The maximum absolute atomic E-state index is 14.8. The van der Waals surface area contributed by atoms with E-state index in [1.165, 1.54) is 40.4 Å². The van der Waals surface area contributed by atoms with Gasteiger partial charge in [-0.2, -0.15) is 0 Å². The lowest BCUT2D eigenvalue weighted by Gasteiger charge is -2.20. The summed E-state index contributed by atoms with van der Waals surface area (Å²) >= 11 is 7.24. The topological polar surface area (TPSA) is 96.0 Å². The first-order valence-corrected chi connectivity index (χ1v) is 13.5. The van der Waals surface area contributed by atoms with Crippen LogP contribution in [0.15, 0.2) is 30.3 Å². The molecule has 0 spiro atoms. The molecule has 1 aromatic heterocycles. The number of benzene rings is 1. The Labute approximate surface area is 207 Å². The first-order chi connectivity index (χ1) is 16.0. The highest BCUT2D eigenvalue weighted by atomic mass is 35.5. The summed E-state index contributed by atoms with van der Waals surface area (Å²) in [5.41, 5.74) is 0.149. The van der Waals surface area contributed by atoms with Crippen LogP contribution in [0.5, 0.6) is 0 Å². The molecule has 0 radical (unpaired) electrons. The predicted octanol–water partition coefficient (Wildman–Crippen LogP) is 3.09. The van der Waals surface area contributed by atoms with Gasteiger partial charge < -0.3 is 14.5 Å². The van der Waals surface area contributed by atoms with Crippen molar-refractivity contribution in [3.63, 3.8) is 0 Å². The van der Waals surface area contributed by atoms with Crippen molar-refractivity contribution in [2.75, 3.05) is 44.5 Å². The van der Waals surface area contributed by atoms with Crippen molar-refractivity contribution in [2.45, 2.75) is 25.3 Å². The summed E-state index contributed by atoms with van der Waals surface area (Å²) in [7, 11) is -0.669. The normalized spacial score (nSPS) is 17.3. The lowest BCUT2D eigenvalue weighted by atomic mass is 10.1. The minimum atomic E-state index is -3.78. The quantitative estimate of drug-likeness (QED) is 0.508. The van der Waals surface area contributed by atoms with Crippen molar-refractivity contribution in [3.05, 3.63) is 50.9 Å². The maximum atomic E-state index is 14.8. The molecule has 0 saturated carbocycles. The number of nitrogens with one attached hydrogen (secondary N) is 1. The Balaban J connectivity index is 1.66. The molecule has 8 nitrogen and oxygen atoms in total. The van der Waals surface area contributed by atoms with Gasteiger partial charge in [-0.25, -0.2) is 17.5 Å². The van der Waals surface area contributed by atoms with Crippen LogP contribution in [0.3, 0.4) is 0 Å². The van der Waals surface area contributed by atoms with Crippen molar-refractivity contribution in [1.29, 1.82) is 0 Å². The predicted molar refractivity (Wildman–Crippen MR) is 131 cm³/mol. The van der Waals surface area contributed by atoms with Crippen LogP contribution in [-0.2, 0) is 19.6 Å². The van der Waals surface area contributed by atoms with Crippen LogP contribution in [0, 0.1) is 5.82 Å². The second-order valence-electron chi connectivity index (χ2n) is 8.16. The van der Waals surface area contributed by atoms with Crippen LogP contribution in [0.1, 0.15) is 34.5 Å². The van der Waals surface area contributed by atoms with E-state index in [0.717, 1.165) is 10.9 Å². The molecule has 2 unspecified atom stereocenters. The summed E-state index contributed by atoms with van der Waals surface area (Å²) in [6.45, 7) is 2.63. The lowest BCUT2D eigenvalue weighted by Crippen LogP contribution is -2.43. The Kier molecular flexibility index (Phi) is 8.69. The van der Waals surface area contributed by atoms with E-state index in [2.05, 4.69) is 4.72 Å². The van der Waals surface area contributed by atoms with Gasteiger partial charge in [0.25, 0.3) is 5.91 Å². The summed E-state index contributed by atoms with van der Waals surface area (Å²) in [4.78, 5) is 28.8. The molecule has 2 heterocycles. The van der Waals surface area contributed by atoms with Crippen molar-refractivity contribution >= 4 is 50.5 Å². The average molecular weight is 532 g/mol. The number of anilines is 1. The van der Waals surface area contributed by atoms with Gasteiger partial charge in [0.2, 0.25) is 15.9 Å². The first kappa shape index (κ1) is 26.6. The number of sulfonamides is 1. The Morgan fingerprint density at radius 2 is 2.12 bits per heavy atom. The van der Waals surface area contributed by atoms with Crippen molar-refractivity contribution < 1.29 is 27.1 Å². The number of carbonyl (C=O) groups is 2. The third-order valence-corrected chi connectivity index (χ3v) is 8.58. The minimum absolute atomic E-state index is 0.00406. The summed E-state index contributed by atoms with van der Waals surface area (Å²) in [5.74, 6) is -2.14. The minimum Gasteiger partial charge on any atom is -0.383 e.